The van der Waals surface area contributed by atoms with Gasteiger partial charge in [-0.3, -0.25) is 5.10 Å². The number of hydrogen-bond donors (Lipinski definition) is 2. The lowest BCUT2D eigenvalue weighted by molar-refractivity contribution is 0.600. The van der Waals surface area contributed by atoms with E-state index in [4.69, 9.17) is 5.73 Å². The van der Waals surface area contributed by atoms with Crippen LogP contribution in [0.1, 0.15) is 42.6 Å². The number of fused-ring (bicyclic) bond motifs is 1. The summed E-state index contributed by atoms with van der Waals surface area (Å²) in [6.07, 6.45) is 7.43. The molecular weight excluding hydrogens is 174 g/mol. The fraction of sp³-hybridized carbons (Fsp3) is 0.727. The summed E-state index contributed by atoms with van der Waals surface area (Å²) in [5, 5.41) is 7.71. The minimum atomic E-state index is 0.378. The average molecular weight is 191 g/mol. The molecule has 1 fully saturated rings. The van der Waals surface area contributed by atoms with Crippen molar-refractivity contribution in [3.63, 3.8) is 0 Å². The molecule has 0 unspecified atom stereocenters. The molecule has 0 atom stereocenters. The van der Waals surface area contributed by atoms with E-state index < -0.39 is 0 Å². The first kappa shape index (κ1) is 8.48. The summed E-state index contributed by atoms with van der Waals surface area (Å²) in [6, 6.07) is 0. The zero-order valence-electron chi connectivity index (χ0n) is 8.47. The molecular formula is C11H17N3. The third-order valence-electron chi connectivity index (χ3n) is 3.79. The maximum absolute atomic E-state index is 5.67. The van der Waals surface area contributed by atoms with Crippen molar-refractivity contribution in [1.29, 1.82) is 0 Å². The lowest BCUT2D eigenvalue weighted by Gasteiger charge is -2.12. The first-order valence-corrected chi connectivity index (χ1v) is 5.62. The predicted molar refractivity (Wildman–Crippen MR) is 55.2 cm³/mol. The van der Waals surface area contributed by atoms with E-state index in [9.17, 15) is 0 Å². The molecule has 3 N–H and O–H groups in total. The standard InChI is InChI=1S/C11H17N3/c12-7-6-11(4-5-11)10-8-2-1-3-9(8)13-14-10/h1-7,12H2,(H,13,14). The third kappa shape index (κ3) is 1.05. The van der Waals surface area contributed by atoms with Gasteiger partial charge in [-0.25, -0.2) is 0 Å². The number of aromatic nitrogens is 2. The molecule has 0 spiro atoms. The van der Waals surface area contributed by atoms with Crippen LogP contribution in [-0.2, 0) is 18.3 Å². The summed E-state index contributed by atoms with van der Waals surface area (Å²) < 4.78 is 0. The van der Waals surface area contributed by atoms with Crippen molar-refractivity contribution in [2.45, 2.75) is 43.9 Å². The molecule has 0 aromatic carbocycles. The van der Waals surface area contributed by atoms with Crippen LogP contribution in [0.15, 0.2) is 0 Å². The van der Waals surface area contributed by atoms with Gasteiger partial charge in [-0.15, -0.1) is 0 Å². The Kier molecular flexibility index (Phi) is 1.71. The molecule has 0 amide bonds. The van der Waals surface area contributed by atoms with Crippen LogP contribution in [0.3, 0.4) is 0 Å². The van der Waals surface area contributed by atoms with Gasteiger partial charge in [-0.05, 0) is 50.6 Å². The van der Waals surface area contributed by atoms with Crippen molar-refractivity contribution in [1.82, 2.24) is 10.2 Å². The Hall–Kier alpha value is -0.830. The first-order chi connectivity index (χ1) is 6.86. The molecule has 3 nitrogen and oxygen atoms in total. The number of nitrogens with zero attached hydrogens (tertiary/aromatic N) is 1. The third-order valence-corrected chi connectivity index (χ3v) is 3.79. The van der Waals surface area contributed by atoms with Crippen molar-refractivity contribution < 1.29 is 0 Å². The van der Waals surface area contributed by atoms with Gasteiger partial charge in [0.25, 0.3) is 0 Å². The van der Waals surface area contributed by atoms with Crippen LogP contribution in [0.5, 0.6) is 0 Å². The highest BCUT2D eigenvalue weighted by Gasteiger charge is 2.47. The van der Waals surface area contributed by atoms with Crippen molar-refractivity contribution >= 4 is 0 Å². The van der Waals surface area contributed by atoms with Crippen LogP contribution in [0.25, 0.3) is 0 Å². The molecule has 14 heavy (non-hydrogen) atoms. The molecule has 0 aliphatic heterocycles. The Labute approximate surface area is 84.1 Å². The zero-order chi connectivity index (χ0) is 9.60. The zero-order valence-corrected chi connectivity index (χ0v) is 8.47. The molecule has 76 valence electrons. The molecule has 0 saturated heterocycles. The van der Waals surface area contributed by atoms with Crippen molar-refractivity contribution in [3.8, 4) is 0 Å². The van der Waals surface area contributed by atoms with Crippen molar-refractivity contribution in [2.75, 3.05) is 6.54 Å². The smallest absolute Gasteiger partial charge is 0.0719 e. The number of nitrogens with one attached hydrogen (secondary N) is 1. The van der Waals surface area contributed by atoms with Crippen LogP contribution < -0.4 is 5.73 Å². The van der Waals surface area contributed by atoms with Gasteiger partial charge < -0.3 is 5.73 Å². The Balaban J connectivity index is 1.96. The van der Waals surface area contributed by atoms with Crippen LogP contribution in [0.2, 0.25) is 0 Å². The fourth-order valence-electron chi connectivity index (χ4n) is 2.79. The van der Waals surface area contributed by atoms with E-state index in [0.29, 0.717) is 5.41 Å². The Morgan fingerprint density at radius 2 is 2.21 bits per heavy atom. The van der Waals surface area contributed by atoms with E-state index in [2.05, 4.69) is 10.2 Å². The van der Waals surface area contributed by atoms with Gasteiger partial charge in [0.1, 0.15) is 0 Å². The maximum Gasteiger partial charge on any atom is 0.0719 e. The highest BCUT2D eigenvalue weighted by Crippen LogP contribution is 2.52. The predicted octanol–water partition coefficient (Wildman–Crippen LogP) is 1.28. The molecule has 3 rings (SSSR count). The van der Waals surface area contributed by atoms with Crippen LogP contribution in [-0.4, -0.2) is 16.7 Å². The molecule has 1 saturated carbocycles. The Morgan fingerprint density at radius 1 is 1.36 bits per heavy atom. The SMILES string of the molecule is NCCC1(c2n[nH]c3c2CCC3)CC1. The van der Waals surface area contributed by atoms with Crippen molar-refractivity contribution in [2.24, 2.45) is 5.73 Å². The fourth-order valence-corrected chi connectivity index (χ4v) is 2.79. The number of aromatic amines is 1. The highest BCUT2D eigenvalue weighted by atomic mass is 15.1. The van der Waals surface area contributed by atoms with E-state index in [1.807, 2.05) is 0 Å². The van der Waals surface area contributed by atoms with Gasteiger partial charge in [-0.1, -0.05) is 0 Å². The number of aryl methyl sites for hydroxylation is 1. The van der Waals surface area contributed by atoms with Gasteiger partial charge in [0.15, 0.2) is 0 Å². The Morgan fingerprint density at radius 3 is 2.93 bits per heavy atom. The molecule has 2 aliphatic rings. The second kappa shape index (κ2) is 2.83. The molecule has 0 radical (unpaired) electrons. The van der Waals surface area contributed by atoms with E-state index in [-0.39, 0.29) is 0 Å². The summed E-state index contributed by atoms with van der Waals surface area (Å²) in [5.74, 6) is 0. The Bertz CT molecular complexity index is 349. The summed E-state index contributed by atoms with van der Waals surface area (Å²) in [4.78, 5) is 0. The molecule has 2 aliphatic carbocycles. The quantitative estimate of drug-likeness (QED) is 0.756. The first-order valence-electron chi connectivity index (χ1n) is 5.62. The lowest BCUT2D eigenvalue weighted by atomic mass is 9.94. The van der Waals surface area contributed by atoms with Crippen molar-refractivity contribution in [3.05, 3.63) is 17.0 Å². The van der Waals surface area contributed by atoms with Crippen LogP contribution in [0.4, 0.5) is 0 Å². The van der Waals surface area contributed by atoms with Crippen LogP contribution >= 0.6 is 0 Å². The van der Waals surface area contributed by atoms with Gasteiger partial charge in [-0.2, -0.15) is 5.10 Å². The van der Waals surface area contributed by atoms with E-state index in [0.717, 1.165) is 13.0 Å². The van der Waals surface area contributed by atoms with E-state index in [1.54, 1.807) is 0 Å². The van der Waals surface area contributed by atoms with Gasteiger partial charge in [0.2, 0.25) is 0 Å². The monoisotopic (exact) mass is 191 g/mol. The average Bonchev–Trinajstić information content (AvgIpc) is 2.63. The van der Waals surface area contributed by atoms with Crippen LogP contribution in [0, 0.1) is 0 Å². The number of hydrogen-bond acceptors (Lipinski definition) is 2. The normalized spacial score (nSPS) is 22.4. The summed E-state index contributed by atoms with van der Waals surface area (Å²) in [6.45, 7) is 0.793. The largest absolute Gasteiger partial charge is 0.330 e. The minimum absolute atomic E-state index is 0.378. The molecule has 1 aromatic heterocycles. The lowest BCUT2D eigenvalue weighted by Crippen LogP contribution is -2.15. The number of nitrogens with two attached hydrogens (primary N) is 1. The number of rotatable bonds is 3. The topological polar surface area (TPSA) is 54.7 Å². The number of H-pyrrole nitrogens is 1. The minimum Gasteiger partial charge on any atom is -0.330 e. The van der Waals surface area contributed by atoms with E-state index >= 15 is 0 Å². The second-order valence-electron chi connectivity index (χ2n) is 4.70. The highest BCUT2D eigenvalue weighted by molar-refractivity contribution is 5.38. The van der Waals surface area contributed by atoms with E-state index in [1.165, 1.54) is 49.1 Å². The van der Waals surface area contributed by atoms with Gasteiger partial charge >= 0.3 is 0 Å². The summed E-state index contributed by atoms with van der Waals surface area (Å²) >= 11 is 0. The maximum atomic E-state index is 5.67. The van der Waals surface area contributed by atoms with Gasteiger partial charge in [0.05, 0.1) is 5.69 Å². The summed E-state index contributed by atoms with van der Waals surface area (Å²) in [7, 11) is 0. The molecule has 1 heterocycles. The molecule has 1 aromatic rings. The molecule has 0 bridgehead atoms. The molecule has 3 heteroatoms. The summed E-state index contributed by atoms with van der Waals surface area (Å²) in [5.41, 5.74) is 10.3. The second-order valence-corrected chi connectivity index (χ2v) is 4.70. The van der Waals surface area contributed by atoms with Gasteiger partial charge in [0, 0.05) is 11.1 Å².